The van der Waals surface area contributed by atoms with Gasteiger partial charge in [0.25, 0.3) is 0 Å². The van der Waals surface area contributed by atoms with Crippen molar-refractivity contribution < 1.29 is 4.79 Å². The Balaban J connectivity index is 2.92. The number of allylic oxidation sites excluding steroid dienone is 2. The van der Waals surface area contributed by atoms with E-state index in [-0.39, 0.29) is 0 Å². The van der Waals surface area contributed by atoms with Gasteiger partial charge in [-0.05, 0) is 31.4 Å². The second-order valence-electron chi connectivity index (χ2n) is 4.15. The molecule has 4 heteroatoms. The van der Waals surface area contributed by atoms with Gasteiger partial charge in [0.05, 0.1) is 5.71 Å². The molecule has 0 aromatic heterocycles. The number of nitrogens with one attached hydrogen (secondary N) is 1. The van der Waals surface area contributed by atoms with E-state index >= 15 is 0 Å². The highest BCUT2D eigenvalue weighted by Crippen LogP contribution is 2.17. The molecule has 0 unspecified atom stereocenters. The Labute approximate surface area is 103 Å². The van der Waals surface area contributed by atoms with E-state index < -0.39 is 0 Å². The Bertz CT molecular complexity index is 380. The zero-order chi connectivity index (χ0) is 12.8. The van der Waals surface area contributed by atoms with Gasteiger partial charge in [-0.2, -0.15) is 0 Å². The summed E-state index contributed by atoms with van der Waals surface area (Å²) in [5.41, 5.74) is 4.57. The second kappa shape index (κ2) is 6.23. The minimum absolute atomic E-state index is 0.684. The van der Waals surface area contributed by atoms with E-state index in [0.717, 1.165) is 30.8 Å². The van der Waals surface area contributed by atoms with Crippen molar-refractivity contribution in [2.45, 2.75) is 20.3 Å². The Morgan fingerprint density at radius 2 is 2.24 bits per heavy atom. The minimum Gasteiger partial charge on any atom is -0.391 e. The molecule has 1 heterocycles. The van der Waals surface area contributed by atoms with E-state index in [9.17, 15) is 4.79 Å². The number of carbonyl (C=O) groups is 1. The summed E-state index contributed by atoms with van der Waals surface area (Å²) in [4.78, 5) is 16.8. The molecule has 0 aliphatic carbocycles. The SMILES string of the molecule is CN=C(C1=CCN(C=O)CC1)/C(C)=C(\C)NC. The summed E-state index contributed by atoms with van der Waals surface area (Å²) in [6, 6.07) is 0. The Morgan fingerprint density at radius 1 is 1.53 bits per heavy atom. The van der Waals surface area contributed by atoms with Crippen LogP contribution in [0.2, 0.25) is 0 Å². The molecule has 1 amide bonds. The maximum Gasteiger partial charge on any atom is 0.209 e. The van der Waals surface area contributed by atoms with Crippen LogP contribution in [0.3, 0.4) is 0 Å². The fourth-order valence-corrected chi connectivity index (χ4v) is 1.91. The molecule has 1 rings (SSSR count). The number of carbonyl (C=O) groups excluding carboxylic acids is 1. The standard InChI is InChI=1S/C13H21N3O/c1-10(11(2)14-3)13(15-4)12-5-7-16(9-17)8-6-12/h5,9,14H,6-8H2,1-4H3/b11-10+,15-13?. The fourth-order valence-electron chi connectivity index (χ4n) is 1.91. The molecule has 0 saturated heterocycles. The van der Waals surface area contributed by atoms with Gasteiger partial charge < -0.3 is 10.2 Å². The summed E-state index contributed by atoms with van der Waals surface area (Å²) < 4.78 is 0. The van der Waals surface area contributed by atoms with E-state index in [0.29, 0.717) is 6.54 Å². The molecule has 4 nitrogen and oxygen atoms in total. The molecule has 0 aromatic carbocycles. The molecular formula is C13H21N3O. The van der Waals surface area contributed by atoms with Crippen LogP contribution in [0.25, 0.3) is 0 Å². The molecule has 0 radical (unpaired) electrons. The van der Waals surface area contributed by atoms with Gasteiger partial charge in [-0.25, -0.2) is 0 Å². The van der Waals surface area contributed by atoms with Crippen LogP contribution in [0.15, 0.2) is 27.9 Å². The van der Waals surface area contributed by atoms with Crippen molar-refractivity contribution in [3.8, 4) is 0 Å². The lowest BCUT2D eigenvalue weighted by Gasteiger charge is -2.24. The molecule has 0 saturated carbocycles. The maximum atomic E-state index is 10.6. The average Bonchev–Trinajstić information content (AvgIpc) is 2.39. The number of amides is 1. The number of hydrogen-bond donors (Lipinski definition) is 1. The van der Waals surface area contributed by atoms with Gasteiger partial charge in [0.15, 0.2) is 0 Å². The lowest BCUT2D eigenvalue weighted by atomic mass is 9.97. The third-order valence-corrected chi connectivity index (χ3v) is 3.21. The Kier molecular flexibility index (Phi) is 4.94. The van der Waals surface area contributed by atoms with Crippen molar-refractivity contribution in [1.29, 1.82) is 0 Å². The van der Waals surface area contributed by atoms with Crippen molar-refractivity contribution in [3.05, 3.63) is 22.9 Å². The van der Waals surface area contributed by atoms with Gasteiger partial charge in [-0.1, -0.05) is 6.08 Å². The van der Waals surface area contributed by atoms with E-state index in [4.69, 9.17) is 0 Å². The number of nitrogens with zero attached hydrogens (tertiary/aromatic N) is 2. The van der Waals surface area contributed by atoms with Crippen LogP contribution in [-0.4, -0.2) is 44.2 Å². The highest BCUT2D eigenvalue weighted by atomic mass is 16.1. The normalized spacial score (nSPS) is 18.5. The molecule has 0 aromatic rings. The van der Waals surface area contributed by atoms with Crippen LogP contribution in [0, 0.1) is 0 Å². The molecule has 0 bridgehead atoms. The van der Waals surface area contributed by atoms with E-state index in [1.165, 1.54) is 11.1 Å². The van der Waals surface area contributed by atoms with Gasteiger partial charge in [0, 0.05) is 32.9 Å². The maximum absolute atomic E-state index is 10.6. The molecule has 1 aliphatic rings. The number of aliphatic imine (C=N–C) groups is 1. The third kappa shape index (κ3) is 3.19. The third-order valence-electron chi connectivity index (χ3n) is 3.21. The summed E-state index contributed by atoms with van der Waals surface area (Å²) in [6.07, 6.45) is 3.87. The summed E-state index contributed by atoms with van der Waals surface area (Å²) >= 11 is 0. The van der Waals surface area contributed by atoms with Crippen LogP contribution in [0.1, 0.15) is 20.3 Å². The average molecular weight is 235 g/mol. The van der Waals surface area contributed by atoms with Gasteiger partial charge >= 0.3 is 0 Å². The molecule has 0 atom stereocenters. The molecule has 94 valence electrons. The smallest absolute Gasteiger partial charge is 0.209 e. The molecule has 1 N–H and O–H groups in total. The predicted octanol–water partition coefficient (Wildman–Crippen LogP) is 1.36. The first-order valence-electron chi connectivity index (χ1n) is 5.85. The first kappa shape index (κ1) is 13.5. The quantitative estimate of drug-likeness (QED) is 0.590. The van der Waals surface area contributed by atoms with Crippen molar-refractivity contribution in [3.63, 3.8) is 0 Å². The van der Waals surface area contributed by atoms with Gasteiger partial charge in [-0.15, -0.1) is 0 Å². The monoisotopic (exact) mass is 235 g/mol. The summed E-state index contributed by atoms with van der Waals surface area (Å²) in [5, 5.41) is 3.14. The molecular weight excluding hydrogens is 214 g/mol. The van der Waals surface area contributed by atoms with E-state index in [2.05, 4.69) is 23.3 Å². The molecule has 0 spiro atoms. The zero-order valence-electron chi connectivity index (χ0n) is 11.1. The van der Waals surface area contributed by atoms with Crippen LogP contribution < -0.4 is 5.32 Å². The van der Waals surface area contributed by atoms with E-state index in [1.54, 1.807) is 4.90 Å². The van der Waals surface area contributed by atoms with Gasteiger partial charge in [0.1, 0.15) is 0 Å². The highest BCUT2D eigenvalue weighted by Gasteiger charge is 2.15. The highest BCUT2D eigenvalue weighted by molar-refractivity contribution is 6.12. The number of hydrogen-bond acceptors (Lipinski definition) is 3. The Hall–Kier alpha value is -1.58. The second-order valence-corrected chi connectivity index (χ2v) is 4.15. The zero-order valence-corrected chi connectivity index (χ0v) is 11.1. The van der Waals surface area contributed by atoms with Crippen LogP contribution in [0.4, 0.5) is 0 Å². The van der Waals surface area contributed by atoms with Crippen molar-refractivity contribution in [2.24, 2.45) is 4.99 Å². The minimum atomic E-state index is 0.684. The molecule has 17 heavy (non-hydrogen) atoms. The van der Waals surface area contributed by atoms with Gasteiger partial charge in [-0.3, -0.25) is 9.79 Å². The van der Waals surface area contributed by atoms with Crippen LogP contribution >= 0.6 is 0 Å². The van der Waals surface area contributed by atoms with Crippen molar-refractivity contribution in [1.82, 2.24) is 10.2 Å². The Morgan fingerprint density at radius 3 is 2.65 bits per heavy atom. The summed E-state index contributed by atoms with van der Waals surface area (Å²) in [6.45, 7) is 5.58. The van der Waals surface area contributed by atoms with Crippen molar-refractivity contribution in [2.75, 3.05) is 27.2 Å². The molecule has 1 aliphatic heterocycles. The predicted molar refractivity (Wildman–Crippen MR) is 71.1 cm³/mol. The van der Waals surface area contributed by atoms with Crippen LogP contribution in [0.5, 0.6) is 0 Å². The first-order chi connectivity index (χ1) is 8.13. The molecule has 0 fully saturated rings. The lowest BCUT2D eigenvalue weighted by Crippen LogP contribution is -2.29. The summed E-state index contributed by atoms with van der Waals surface area (Å²) in [5.74, 6) is 0. The largest absolute Gasteiger partial charge is 0.391 e. The summed E-state index contributed by atoms with van der Waals surface area (Å²) in [7, 11) is 3.73. The van der Waals surface area contributed by atoms with Crippen molar-refractivity contribution >= 4 is 12.1 Å². The van der Waals surface area contributed by atoms with E-state index in [1.807, 2.05) is 21.0 Å². The topological polar surface area (TPSA) is 44.7 Å². The lowest BCUT2D eigenvalue weighted by molar-refractivity contribution is -0.117. The first-order valence-corrected chi connectivity index (χ1v) is 5.85. The fraction of sp³-hybridized carbons (Fsp3) is 0.538. The number of rotatable bonds is 4. The van der Waals surface area contributed by atoms with Crippen LogP contribution in [-0.2, 0) is 4.79 Å². The van der Waals surface area contributed by atoms with Gasteiger partial charge in [0.2, 0.25) is 6.41 Å².